The van der Waals surface area contributed by atoms with Crippen molar-refractivity contribution in [1.29, 1.82) is 0 Å². The van der Waals surface area contributed by atoms with E-state index in [0.717, 1.165) is 0 Å². The van der Waals surface area contributed by atoms with Gasteiger partial charge in [-0.2, -0.15) is 0 Å². The molecule has 0 bridgehead atoms. The fourth-order valence-electron chi connectivity index (χ4n) is 0.390. The Hall–Kier alpha value is -1.39. The fourth-order valence-corrected chi connectivity index (χ4v) is 0.390. The highest BCUT2D eigenvalue weighted by molar-refractivity contribution is 5.93. The van der Waals surface area contributed by atoms with E-state index in [1.807, 2.05) is 6.92 Å². The molecule has 0 heterocycles. The molecule has 0 aromatic carbocycles. The van der Waals surface area contributed by atoms with Crippen molar-refractivity contribution in [2.45, 2.75) is 26.7 Å². The van der Waals surface area contributed by atoms with Crippen LogP contribution in [0, 0.1) is 0 Å². The Kier molecular flexibility index (Phi) is 9.48. The number of rotatable bonds is 3. The molecule has 76 valence electrons. The summed E-state index contributed by atoms with van der Waals surface area (Å²) in [6.07, 6.45) is 0.219. The number of Topliss-reactive ketones (excluding diaryl/α,β-unsaturated/α-hetero) is 1. The highest BCUT2D eigenvalue weighted by Crippen LogP contribution is 1.77. The van der Waals surface area contributed by atoms with Crippen LogP contribution in [0.2, 0.25) is 0 Å². The van der Waals surface area contributed by atoms with E-state index in [2.05, 4.69) is 5.32 Å². The van der Waals surface area contributed by atoms with Crippen molar-refractivity contribution in [2.75, 3.05) is 7.05 Å². The molecule has 5 heteroatoms. The molecule has 0 unspecified atom stereocenters. The molecule has 0 aliphatic carbocycles. The molecular formula is C8H15NO4. The van der Waals surface area contributed by atoms with Crippen molar-refractivity contribution in [3.05, 3.63) is 0 Å². The van der Waals surface area contributed by atoms with Crippen LogP contribution in [0.3, 0.4) is 0 Å². The summed E-state index contributed by atoms with van der Waals surface area (Å²) in [6, 6.07) is 0. The first-order chi connectivity index (χ1) is 5.93. The van der Waals surface area contributed by atoms with Crippen LogP contribution in [-0.2, 0) is 14.4 Å². The van der Waals surface area contributed by atoms with E-state index in [1.54, 1.807) is 7.05 Å². The molecule has 0 aromatic rings. The topological polar surface area (TPSA) is 83.5 Å². The standard InChI is InChI=1S/C4H9NO.C4H6O3/c1-3-4(6)5-2;1-3(5)2-4(6)7/h3H2,1-2H3,(H,5,6);2H2,1H3,(H,6,7). The van der Waals surface area contributed by atoms with Crippen LogP contribution in [0.5, 0.6) is 0 Å². The van der Waals surface area contributed by atoms with Gasteiger partial charge in [0.25, 0.3) is 0 Å². The third-order valence-electron chi connectivity index (χ3n) is 1.00. The molecule has 0 atom stereocenters. The lowest BCUT2D eigenvalue weighted by molar-refractivity contribution is -0.139. The number of amides is 1. The number of carboxylic acid groups (broad SMARTS) is 1. The zero-order chi connectivity index (χ0) is 10.9. The zero-order valence-corrected chi connectivity index (χ0v) is 8.09. The lowest BCUT2D eigenvalue weighted by atomic mass is 10.3. The minimum Gasteiger partial charge on any atom is -0.481 e. The molecular weight excluding hydrogens is 174 g/mol. The van der Waals surface area contributed by atoms with Gasteiger partial charge in [0.15, 0.2) is 0 Å². The Bertz CT molecular complexity index is 171. The Morgan fingerprint density at radius 3 is 1.77 bits per heavy atom. The smallest absolute Gasteiger partial charge is 0.310 e. The zero-order valence-electron chi connectivity index (χ0n) is 8.09. The summed E-state index contributed by atoms with van der Waals surface area (Å²) in [7, 11) is 1.63. The van der Waals surface area contributed by atoms with Gasteiger partial charge < -0.3 is 10.4 Å². The number of hydrogen-bond acceptors (Lipinski definition) is 3. The minimum atomic E-state index is -1.06. The Morgan fingerprint density at radius 2 is 1.77 bits per heavy atom. The maximum absolute atomic E-state index is 10.1. The van der Waals surface area contributed by atoms with E-state index in [9.17, 15) is 14.4 Å². The second-order valence-electron chi connectivity index (χ2n) is 2.30. The Labute approximate surface area is 77.1 Å². The van der Waals surface area contributed by atoms with E-state index in [4.69, 9.17) is 5.11 Å². The molecule has 0 aromatic heterocycles. The van der Waals surface area contributed by atoms with Gasteiger partial charge in [0.05, 0.1) is 0 Å². The average molecular weight is 189 g/mol. The minimum absolute atomic E-state index is 0.0926. The van der Waals surface area contributed by atoms with E-state index >= 15 is 0 Å². The predicted molar refractivity (Wildman–Crippen MR) is 47.3 cm³/mol. The molecule has 13 heavy (non-hydrogen) atoms. The van der Waals surface area contributed by atoms with Gasteiger partial charge in [0.2, 0.25) is 5.91 Å². The molecule has 1 amide bonds. The van der Waals surface area contributed by atoms with Crippen LogP contribution in [0.4, 0.5) is 0 Å². The number of ketones is 1. The van der Waals surface area contributed by atoms with Crippen LogP contribution < -0.4 is 5.32 Å². The second kappa shape index (κ2) is 8.70. The number of hydrogen-bond donors (Lipinski definition) is 2. The highest BCUT2D eigenvalue weighted by Gasteiger charge is 1.98. The quantitative estimate of drug-likeness (QED) is 0.621. The third-order valence-corrected chi connectivity index (χ3v) is 1.00. The van der Waals surface area contributed by atoms with Gasteiger partial charge in [0, 0.05) is 13.5 Å². The summed E-state index contributed by atoms with van der Waals surface area (Å²) >= 11 is 0. The molecule has 0 rings (SSSR count). The molecule has 0 saturated carbocycles. The first-order valence-electron chi connectivity index (χ1n) is 3.85. The van der Waals surface area contributed by atoms with Crippen LogP contribution in [0.1, 0.15) is 26.7 Å². The summed E-state index contributed by atoms with van der Waals surface area (Å²) in [5.41, 5.74) is 0. The average Bonchev–Trinajstić information content (AvgIpc) is 2.01. The van der Waals surface area contributed by atoms with Crippen LogP contribution >= 0.6 is 0 Å². The molecule has 0 saturated heterocycles. The Morgan fingerprint density at radius 1 is 1.31 bits per heavy atom. The van der Waals surface area contributed by atoms with Gasteiger partial charge >= 0.3 is 5.97 Å². The number of carboxylic acids is 1. The molecule has 0 radical (unpaired) electrons. The van der Waals surface area contributed by atoms with Gasteiger partial charge in [0.1, 0.15) is 12.2 Å². The van der Waals surface area contributed by atoms with Gasteiger partial charge in [-0.25, -0.2) is 0 Å². The van der Waals surface area contributed by atoms with E-state index in [0.29, 0.717) is 6.42 Å². The highest BCUT2D eigenvalue weighted by atomic mass is 16.4. The van der Waals surface area contributed by atoms with Gasteiger partial charge in [-0.15, -0.1) is 0 Å². The maximum Gasteiger partial charge on any atom is 0.310 e. The van der Waals surface area contributed by atoms with Crippen LogP contribution in [-0.4, -0.2) is 29.8 Å². The molecule has 0 aliphatic heterocycles. The second-order valence-corrected chi connectivity index (χ2v) is 2.30. The summed E-state index contributed by atoms with van der Waals surface area (Å²) in [5.74, 6) is -1.28. The van der Waals surface area contributed by atoms with E-state index < -0.39 is 5.97 Å². The first kappa shape index (κ1) is 14.2. The van der Waals surface area contributed by atoms with Crippen LogP contribution in [0.15, 0.2) is 0 Å². The van der Waals surface area contributed by atoms with E-state index in [1.165, 1.54) is 6.92 Å². The summed E-state index contributed by atoms with van der Waals surface area (Å²) < 4.78 is 0. The normalized spacial score (nSPS) is 7.92. The summed E-state index contributed by atoms with van der Waals surface area (Å²) in [6.45, 7) is 3.06. The van der Waals surface area contributed by atoms with Crippen molar-refractivity contribution in [2.24, 2.45) is 0 Å². The van der Waals surface area contributed by atoms with Crippen molar-refractivity contribution in [3.8, 4) is 0 Å². The lowest BCUT2D eigenvalue weighted by Crippen LogP contribution is -2.15. The maximum atomic E-state index is 10.1. The van der Waals surface area contributed by atoms with Crippen molar-refractivity contribution < 1.29 is 19.5 Å². The Balaban J connectivity index is 0. The molecule has 0 fully saturated rings. The van der Waals surface area contributed by atoms with Crippen molar-refractivity contribution >= 4 is 17.7 Å². The number of aliphatic carboxylic acids is 1. The number of carbonyl (C=O) groups excluding carboxylic acids is 2. The summed E-state index contributed by atoms with van der Waals surface area (Å²) in [4.78, 5) is 29.5. The van der Waals surface area contributed by atoms with Gasteiger partial charge in [-0.1, -0.05) is 6.92 Å². The lowest BCUT2D eigenvalue weighted by Gasteiger charge is -1.87. The summed E-state index contributed by atoms with van der Waals surface area (Å²) in [5, 5.41) is 10.3. The number of nitrogens with one attached hydrogen (secondary N) is 1. The largest absolute Gasteiger partial charge is 0.481 e. The molecule has 0 spiro atoms. The molecule has 2 N–H and O–H groups in total. The van der Waals surface area contributed by atoms with Gasteiger partial charge in [-0.3, -0.25) is 14.4 Å². The van der Waals surface area contributed by atoms with Gasteiger partial charge in [-0.05, 0) is 6.92 Å². The first-order valence-corrected chi connectivity index (χ1v) is 3.85. The van der Waals surface area contributed by atoms with Crippen molar-refractivity contribution in [3.63, 3.8) is 0 Å². The SMILES string of the molecule is CC(=O)CC(=O)O.CCC(=O)NC. The fraction of sp³-hybridized carbons (Fsp3) is 0.625. The van der Waals surface area contributed by atoms with Crippen LogP contribution in [0.25, 0.3) is 0 Å². The molecule has 0 aliphatic rings. The number of carbonyl (C=O) groups is 3. The predicted octanol–water partition coefficient (Wildman–Crippen LogP) is 0.192. The van der Waals surface area contributed by atoms with E-state index in [-0.39, 0.29) is 18.1 Å². The van der Waals surface area contributed by atoms with Crippen molar-refractivity contribution in [1.82, 2.24) is 5.32 Å². The third kappa shape index (κ3) is 18.0. The monoisotopic (exact) mass is 189 g/mol. The molecule has 5 nitrogen and oxygen atoms in total.